The fraction of sp³-hybridized carbons (Fsp3) is 0.588. The highest BCUT2D eigenvalue weighted by atomic mass is 16.5. The van der Waals surface area contributed by atoms with Crippen LogP contribution in [0.15, 0.2) is 18.2 Å². The lowest BCUT2D eigenvalue weighted by Gasteiger charge is -2.21. The largest absolute Gasteiger partial charge is 0.493 e. The minimum absolute atomic E-state index is 0.170. The van der Waals surface area contributed by atoms with Gasteiger partial charge in [0.25, 0.3) is 0 Å². The van der Waals surface area contributed by atoms with Crippen molar-refractivity contribution in [3.8, 4) is 5.75 Å². The van der Waals surface area contributed by atoms with Crippen molar-refractivity contribution in [1.82, 2.24) is 4.90 Å². The van der Waals surface area contributed by atoms with Gasteiger partial charge in [0.2, 0.25) is 5.91 Å². The van der Waals surface area contributed by atoms with Gasteiger partial charge in [0.1, 0.15) is 5.75 Å². The monoisotopic (exact) mass is 290 g/mol. The average molecular weight is 290 g/mol. The molecule has 4 nitrogen and oxygen atoms in total. The first-order valence-corrected chi connectivity index (χ1v) is 7.71. The molecule has 2 rings (SSSR count). The van der Waals surface area contributed by atoms with Crippen LogP contribution in [0, 0.1) is 19.8 Å². The van der Waals surface area contributed by atoms with Crippen molar-refractivity contribution < 1.29 is 9.53 Å². The zero-order valence-corrected chi connectivity index (χ0v) is 13.3. The number of nitrogens with two attached hydrogens (primary N) is 1. The van der Waals surface area contributed by atoms with Crippen molar-refractivity contribution in [2.75, 3.05) is 19.7 Å². The first-order valence-electron chi connectivity index (χ1n) is 7.71. The molecule has 1 fully saturated rings. The number of nitrogens with zero attached hydrogens (tertiary/aromatic N) is 1. The Kier molecular flexibility index (Phi) is 5.23. The molecule has 0 spiro atoms. The minimum atomic E-state index is 0.170. The quantitative estimate of drug-likeness (QED) is 0.905. The van der Waals surface area contributed by atoms with Crippen molar-refractivity contribution in [3.63, 3.8) is 0 Å². The number of amides is 1. The van der Waals surface area contributed by atoms with Gasteiger partial charge < -0.3 is 15.4 Å². The van der Waals surface area contributed by atoms with Crippen LogP contribution in [0.1, 0.15) is 30.9 Å². The van der Waals surface area contributed by atoms with E-state index in [1.165, 1.54) is 5.56 Å². The molecule has 1 heterocycles. The first kappa shape index (κ1) is 15.8. The molecule has 1 saturated heterocycles. The van der Waals surface area contributed by atoms with Crippen LogP contribution in [-0.4, -0.2) is 36.5 Å². The van der Waals surface area contributed by atoms with E-state index in [2.05, 4.69) is 19.9 Å². The lowest BCUT2D eigenvalue weighted by atomic mass is 10.1. The molecule has 1 aromatic rings. The normalized spacial score (nSPS) is 21.6. The second-order valence-electron chi connectivity index (χ2n) is 6.10. The fourth-order valence-corrected chi connectivity index (χ4v) is 3.01. The summed E-state index contributed by atoms with van der Waals surface area (Å²) in [6.07, 6.45) is 1.44. The van der Waals surface area contributed by atoms with Gasteiger partial charge in [-0.05, 0) is 51.3 Å². The van der Waals surface area contributed by atoms with E-state index in [-0.39, 0.29) is 5.91 Å². The number of hydrogen-bond acceptors (Lipinski definition) is 3. The Bertz CT molecular complexity index is 502. The molecule has 2 unspecified atom stereocenters. The number of hydrogen-bond donors (Lipinski definition) is 1. The van der Waals surface area contributed by atoms with Crippen LogP contribution in [0.5, 0.6) is 5.75 Å². The number of ether oxygens (including phenoxy) is 1. The zero-order valence-electron chi connectivity index (χ0n) is 13.3. The fourth-order valence-electron chi connectivity index (χ4n) is 3.01. The van der Waals surface area contributed by atoms with Gasteiger partial charge in [0.15, 0.2) is 0 Å². The Balaban J connectivity index is 1.82. The summed E-state index contributed by atoms with van der Waals surface area (Å²) in [5.41, 5.74) is 8.03. The molecule has 0 bridgehead atoms. The molecule has 1 aliphatic heterocycles. The number of rotatable bonds is 5. The van der Waals surface area contributed by atoms with Gasteiger partial charge in [-0.25, -0.2) is 0 Å². The highest BCUT2D eigenvalue weighted by Gasteiger charge is 2.31. The second kappa shape index (κ2) is 6.94. The Labute approximate surface area is 127 Å². The number of aryl methyl sites for hydroxylation is 2. The van der Waals surface area contributed by atoms with E-state index in [0.29, 0.717) is 31.5 Å². The SMILES string of the molecule is Cc1ccc(OCCC(=O)N2CC(CN)CC2C)c(C)c1. The first-order chi connectivity index (χ1) is 10.0. The van der Waals surface area contributed by atoms with E-state index in [1.54, 1.807) is 0 Å². The molecular formula is C17H26N2O2. The summed E-state index contributed by atoms with van der Waals surface area (Å²) in [6, 6.07) is 6.38. The van der Waals surface area contributed by atoms with Crippen LogP contribution in [0.25, 0.3) is 0 Å². The summed E-state index contributed by atoms with van der Waals surface area (Å²) in [7, 11) is 0. The molecule has 2 N–H and O–H groups in total. The Morgan fingerprint density at radius 3 is 2.81 bits per heavy atom. The molecule has 1 aliphatic rings. The molecular weight excluding hydrogens is 264 g/mol. The molecule has 2 atom stereocenters. The third kappa shape index (κ3) is 3.97. The van der Waals surface area contributed by atoms with Gasteiger partial charge in [0.05, 0.1) is 13.0 Å². The molecule has 0 aromatic heterocycles. The highest BCUT2D eigenvalue weighted by molar-refractivity contribution is 5.77. The van der Waals surface area contributed by atoms with Crippen LogP contribution in [0.4, 0.5) is 0 Å². The lowest BCUT2D eigenvalue weighted by Crippen LogP contribution is -2.35. The third-order valence-electron chi connectivity index (χ3n) is 4.22. The molecule has 4 heteroatoms. The number of carbonyl (C=O) groups excluding carboxylic acids is 1. The van der Waals surface area contributed by atoms with Gasteiger partial charge >= 0.3 is 0 Å². The highest BCUT2D eigenvalue weighted by Crippen LogP contribution is 2.23. The molecule has 1 amide bonds. The topological polar surface area (TPSA) is 55.6 Å². The Hall–Kier alpha value is -1.55. The van der Waals surface area contributed by atoms with Crippen LogP contribution in [-0.2, 0) is 4.79 Å². The summed E-state index contributed by atoms with van der Waals surface area (Å²) >= 11 is 0. The van der Waals surface area contributed by atoms with E-state index in [1.807, 2.05) is 24.0 Å². The molecule has 1 aromatic carbocycles. The van der Waals surface area contributed by atoms with Gasteiger partial charge in [-0.3, -0.25) is 4.79 Å². The maximum absolute atomic E-state index is 12.3. The predicted molar refractivity (Wildman–Crippen MR) is 84.4 cm³/mol. The maximum Gasteiger partial charge on any atom is 0.226 e. The van der Waals surface area contributed by atoms with Crippen LogP contribution >= 0.6 is 0 Å². The molecule has 0 aliphatic carbocycles. The molecule has 116 valence electrons. The van der Waals surface area contributed by atoms with Crippen molar-refractivity contribution >= 4 is 5.91 Å². The number of likely N-dealkylation sites (tertiary alicyclic amines) is 1. The van der Waals surface area contributed by atoms with Crippen LogP contribution < -0.4 is 10.5 Å². The number of carbonyl (C=O) groups is 1. The summed E-state index contributed by atoms with van der Waals surface area (Å²) in [6.45, 7) is 8.06. The summed E-state index contributed by atoms with van der Waals surface area (Å²) in [4.78, 5) is 14.2. The number of benzene rings is 1. The van der Waals surface area contributed by atoms with Crippen molar-refractivity contribution in [1.29, 1.82) is 0 Å². The molecule has 0 radical (unpaired) electrons. The van der Waals surface area contributed by atoms with E-state index >= 15 is 0 Å². The van der Waals surface area contributed by atoms with E-state index in [9.17, 15) is 4.79 Å². The van der Waals surface area contributed by atoms with Gasteiger partial charge in [-0.2, -0.15) is 0 Å². The third-order valence-corrected chi connectivity index (χ3v) is 4.22. The van der Waals surface area contributed by atoms with Gasteiger partial charge in [-0.1, -0.05) is 17.7 Å². The smallest absolute Gasteiger partial charge is 0.226 e. The second-order valence-corrected chi connectivity index (χ2v) is 6.10. The van der Waals surface area contributed by atoms with E-state index in [0.717, 1.165) is 24.3 Å². The minimum Gasteiger partial charge on any atom is -0.493 e. The zero-order chi connectivity index (χ0) is 15.4. The van der Waals surface area contributed by atoms with Crippen LogP contribution in [0.2, 0.25) is 0 Å². The standard InChI is InChI=1S/C17H26N2O2/c1-12-4-5-16(13(2)8-12)21-7-6-17(20)19-11-15(10-18)9-14(19)3/h4-5,8,14-15H,6-7,9-11,18H2,1-3H3. The lowest BCUT2D eigenvalue weighted by molar-refractivity contribution is -0.132. The maximum atomic E-state index is 12.3. The molecule has 21 heavy (non-hydrogen) atoms. The van der Waals surface area contributed by atoms with Crippen molar-refractivity contribution in [3.05, 3.63) is 29.3 Å². The molecule has 0 saturated carbocycles. The summed E-state index contributed by atoms with van der Waals surface area (Å²) in [5.74, 6) is 1.48. The van der Waals surface area contributed by atoms with Gasteiger partial charge in [0, 0.05) is 12.6 Å². The summed E-state index contributed by atoms with van der Waals surface area (Å²) in [5, 5.41) is 0. The van der Waals surface area contributed by atoms with Gasteiger partial charge in [-0.15, -0.1) is 0 Å². The van der Waals surface area contributed by atoms with Crippen LogP contribution in [0.3, 0.4) is 0 Å². The summed E-state index contributed by atoms with van der Waals surface area (Å²) < 4.78 is 5.74. The predicted octanol–water partition coefficient (Wildman–Crippen LogP) is 2.27. The van der Waals surface area contributed by atoms with E-state index < -0.39 is 0 Å². The van der Waals surface area contributed by atoms with E-state index in [4.69, 9.17) is 10.5 Å². The Morgan fingerprint density at radius 2 is 2.19 bits per heavy atom. The Morgan fingerprint density at radius 1 is 1.43 bits per heavy atom. The van der Waals surface area contributed by atoms with Crippen molar-refractivity contribution in [2.45, 2.75) is 39.7 Å². The average Bonchev–Trinajstić information content (AvgIpc) is 2.82. The van der Waals surface area contributed by atoms with Crippen molar-refractivity contribution in [2.24, 2.45) is 11.7 Å².